The molecule has 0 spiro atoms. The average Bonchev–Trinajstić information content (AvgIpc) is 2.48. The predicted molar refractivity (Wildman–Crippen MR) is 50.4 cm³/mol. The molecule has 1 heterocycles. The van der Waals surface area contributed by atoms with E-state index in [1.165, 1.54) is 13.3 Å². The van der Waals surface area contributed by atoms with E-state index >= 15 is 0 Å². The highest BCUT2D eigenvalue weighted by Crippen LogP contribution is 2.10. The van der Waals surface area contributed by atoms with Crippen LogP contribution in [0.3, 0.4) is 0 Å². The van der Waals surface area contributed by atoms with Gasteiger partial charge in [0.2, 0.25) is 5.88 Å². The van der Waals surface area contributed by atoms with E-state index in [1.54, 1.807) is 26.8 Å². The van der Waals surface area contributed by atoms with Crippen LogP contribution in [0.1, 0.15) is 20.8 Å². The smallest absolute Gasteiger partial charge is 0.435 e. The first-order valence-corrected chi connectivity index (χ1v) is 4.25. The van der Waals surface area contributed by atoms with Gasteiger partial charge in [0.1, 0.15) is 5.60 Å². The number of methoxy groups -OCH3 is 1. The number of aromatic nitrogens is 2. The van der Waals surface area contributed by atoms with E-state index < -0.39 is 11.7 Å². The van der Waals surface area contributed by atoms with Gasteiger partial charge in [-0.3, -0.25) is 0 Å². The molecule has 0 atom stereocenters. The van der Waals surface area contributed by atoms with Gasteiger partial charge in [0.05, 0.1) is 7.11 Å². The predicted octanol–water partition coefficient (Wildman–Crippen LogP) is 1.67. The number of carbonyl (C=O) groups is 1. The zero-order valence-corrected chi connectivity index (χ0v) is 8.77. The first-order chi connectivity index (χ1) is 6.42. The van der Waals surface area contributed by atoms with Crippen LogP contribution in [0.2, 0.25) is 0 Å². The zero-order valence-electron chi connectivity index (χ0n) is 8.77. The summed E-state index contributed by atoms with van der Waals surface area (Å²) in [7, 11) is 1.49. The first-order valence-electron chi connectivity index (χ1n) is 4.25. The third kappa shape index (κ3) is 2.76. The Balaban J connectivity index is 2.70. The molecule has 0 fully saturated rings. The van der Waals surface area contributed by atoms with Crippen LogP contribution >= 0.6 is 0 Å². The van der Waals surface area contributed by atoms with Crippen molar-refractivity contribution in [2.24, 2.45) is 0 Å². The van der Waals surface area contributed by atoms with E-state index in [0.717, 1.165) is 4.68 Å². The zero-order chi connectivity index (χ0) is 10.8. The van der Waals surface area contributed by atoms with Gasteiger partial charge >= 0.3 is 6.09 Å². The van der Waals surface area contributed by atoms with Crippen LogP contribution in [-0.4, -0.2) is 28.6 Å². The Morgan fingerprint density at radius 3 is 2.57 bits per heavy atom. The molecule has 0 unspecified atom stereocenters. The molecular weight excluding hydrogens is 184 g/mol. The lowest BCUT2D eigenvalue weighted by molar-refractivity contribution is 0.0512. The van der Waals surface area contributed by atoms with Gasteiger partial charge in [-0.15, -0.1) is 5.10 Å². The lowest BCUT2D eigenvalue weighted by Crippen LogP contribution is -2.27. The van der Waals surface area contributed by atoms with E-state index in [1.807, 2.05) is 0 Å². The number of carbonyl (C=O) groups excluding carboxylic acids is 1. The molecular formula is C9H14N2O3. The van der Waals surface area contributed by atoms with Crippen molar-refractivity contribution in [3.05, 3.63) is 12.3 Å². The fourth-order valence-electron chi connectivity index (χ4n) is 0.826. The maximum atomic E-state index is 11.4. The molecule has 0 aliphatic carbocycles. The van der Waals surface area contributed by atoms with Crippen LogP contribution in [0.15, 0.2) is 12.3 Å². The number of nitrogens with zero attached hydrogens (tertiary/aromatic N) is 2. The summed E-state index contributed by atoms with van der Waals surface area (Å²) >= 11 is 0. The van der Waals surface area contributed by atoms with E-state index in [2.05, 4.69) is 5.10 Å². The molecule has 0 radical (unpaired) electrons. The summed E-state index contributed by atoms with van der Waals surface area (Å²) in [6.07, 6.45) is 0.980. The van der Waals surface area contributed by atoms with Gasteiger partial charge in [-0.25, -0.2) is 4.79 Å². The molecule has 0 aliphatic heterocycles. The van der Waals surface area contributed by atoms with Gasteiger partial charge in [-0.1, -0.05) is 0 Å². The molecule has 1 aromatic rings. The highest BCUT2D eigenvalue weighted by atomic mass is 16.6. The van der Waals surface area contributed by atoms with Crippen molar-refractivity contribution < 1.29 is 14.3 Å². The van der Waals surface area contributed by atoms with Crippen LogP contribution in [-0.2, 0) is 4.74 Å². The quantitative estimate of drug-likeness (QED) is 0.688. The molecule has 78 valence electrons. The summed E-state index contributed by atoms with van der Waals surface area (Å²) < 4.78 is 11.0. The molecule has 0 saturated heterocycles. The molecule has 0 bridgehead atoms. The normalized spacial score (nSPS) is 11.1. The van der Waals surface area contributed by atoms with Gasteiger partial charge < -0.3 is 9.47 Å². The molecule has 1 aromatic heterocycles. The Labute approximate surface area is 82.6 Å². The third-order valence-corrected chi connectivity index (χ3v) is 1.35. The van der Waals surface area contributed by atoms with Crippen LogP contribution < -0.4 is 4.74 Å². The van der Waals surface area contributed by atoms with E-state index in [-0.39, 0.29) is 0 Å². The molecule has 0 saturated carbocycles. The van der Waals surface area contributed by atoms with Crippen LogP contribution in [0.5, 0.6) is 5.88 Å². The third-order valence-electron chi connectivity index (χ3n) is 1.35. The lowest BCUT2D eigenvalue weighted by Gasteiger charge is -2.18. The van der Waals surface area contributed by atoms with Crippen molar-refractivity contribution >= 4 is 6.09 Å². The minimum absolute atomic E-state index is 0.385. The Morgan fingerprint density at radius 2 is 2.14 bits per heavy atom. The Bertz CT molecular complexity index is 325. The van der Waals surface area contributed by atoms with Crippen LogP contribution in [0.25, 0.3) is 0 Å². The van der Waals surface area contributed by atoms with E-state index in [4.69, 9.17) is 9.47 Å². The lowest BCUT2D eigenvalue weighted by atomic mass is 10.2. The molecule has 5 nitrogen and oxygen atoms in total. The number of hydrogen-bond donors (Lipinski definition) is 0. The molecule has 0 aromatic carbocycles. The van der Waals surface area contributed by atoms with Crippen molar-refractivity contribution in [2.45, 2.75) is 26.4 Å². The fraction of sp³-hybridized carbons (Fsp3) is 0.556. The Morgan fingerprint density at radius 1 is 1.50 bits per heavy atom. The molecule has 1 rings (SSSR count). The monoisotopic (exact) mass is 198 g/mol. The molecule has 0 amide bonds. The highest BCUT2D eigenvalue weighted by Gasteiger charge is 2.18. The van der Waals surface area contributed by atoms with Crippen molar-refractivity contribution in [1.29, 1.82) is 0 Å². The summed E-state index contributed by atoms with van der Waals surface area (Å²) in [6, 6.07) is 1.59. The highest BCUT2D eigenvalue weighted by molar-refractivity contribution is 5.69. The van der Waals surface area contributed by atoms with Gasteiger partial charge in [-0.05, 0) is 20.8 Å². The van der Waals surface area contributed by atoms with Gasteiger partial charge in [0, 0.05) is 12.3 Å². The maximum Gasteiger partial charge on any atom is 0.435 e. The van der Waals surface area contributed by atoms with Gasteiger partial charge in [-0.2, -0.15) is 4.68 Å². The Kier molecular flexibility index (Phi) is 2.78. The summed E-state index contributed by atoms with van der Waals surface area (Å²) in [5.74, 6) is 0.385. The Hall–Kier alpha value is -1.52. The van der Waals surface area contributed by atoms with Crippen molar-refractivity contribution in [3.63, 3.8) is 0 Å². The standard InChI is InChI=1S/C9H14N2O3/c1-9(2,3)14-8(12)11-6-5-7(10-11)13-4/h5-6H,1-4H3. The molecule has 0 aliphatic rings. The SMILES string of the molecule is COc1ccn(C(=O)OC(C)(C)C)n1. The van der Waals surface area contributed by atoms with Crippen molar-refractivity contribution in [2.75, 3.05) is 7.11 Å². The largest absolute Gasteiger partial charge is 0.480 e. The second-order valence-electron chi connectivity index (χ2n) is 3.78. The molecule has 14 heavy (non-hydrogen) atoms. The minimum atomic E-state index is -0.518. The number of rotatable bonds is 1. The minimum Gasteiger partial charge on any atom is -0.480 e. The van der Waals surface area contributed by atoms with E-state index in [0.29, 0.717) is 5.88 Å². The number of ether oxygens (including phenoxy) is 2. The maximum absolute atomic E-state index is 11.4. The summed E-state index contributed by atoms with van der Waals surface area (Å²) in [5.41, 5.74) is -0.518. The van der Waals surface area contributed by atoms with E-state index in [9.17, 15) is 4.79 Å². The summed E-state index contributed by atoms with van der Waals surface area (Å²) in [6.45, 7) is 5.39. The summed E-state index contributed by atoms with van der Waals surface area (Å²) in [4.78, 5) is 11.4. The second kappa shape index (κ2) is 3.69. The topological polar surface area (TPSA) is 53.4 Å². The average molecular weight is 198 g/mol. The van der Waals surface area contributed by atoms with Gasteiger partial charge in [0.15, 0.2) is 0 Å². The van der Waals surface area contributed by atoms with Crippen LogP contribution in [0.4, 0.5) is 4.79 Å². The fourth-order valence-corrected chi connectivity index (χ4v) is 0.826. The van der Waals surface area contributed by atoms with Gasteiger partial charge in [0.25, 0.3) is 0 Å². The first kappa shape index (κ1) is 10.6. The van der Waals surface area contributed by atoms with Crippen molar-refractivity contribution in [1.82, 2.24) is 9.78 Å². The molecule has 5 heteroatoms. The number of hydrogen-bond acceptors (Lipinski definition) is 4. The van der Waals surface area contributed by atoms with Crippen molar-refractivity contribution in [3.8, 4) is 5.88 Å². The van der Waals surface area contributed by atoms with Crippen LogP contribution in [0, 0.1) is 0 Å². The molecule has 0 N–H and O–H groups in total. The second-order valence-corrected chi connectivity index (χ2v) is 3.78. The summed E-state index contributed by atoms with van der Waals surface area (Å²) in [5, 5.41) is 3.83.